The van der Waals surface area contributed by atoms with E-state index in [4.69, 9.17) is 10.5 Å². The first-order chi connectivity index (χ1) is 8.13. The van der Waals surface area contributed by atoms with E-state index < -0.39 is 30.5 Å². The van der Waals surface area contributed by atoms with Crippen LogP contribution in [0.4, 0.5) is 13.2 Å². The molecule has 106 valence electrons. The fourth-order valence-electron chi connectivity index (χ4n) is 2.02. The SMILES string of the molecule is CC1(C)CN(C(=O)CCC(F)(F)F)CC(CN)O1. The second kappa shape index (κ2) is 5.44. The summed E-state index contributed by atoms with van der Waals surface area (Å²) in [6.07, 6.45) is -6.22. The van der Waals surface area contributed by atoms with Gasteiger partial charge in [-0.25, -0.2) is 0 Å². The molecule has 1 atom stereocenters. The fourth-order valence-corrected chi connectivity index (χ4v) is 2.02. The molecule has 1 amide bonds. The van der Waals surface area contributed by atoms with E-state index in [9.17, 15) is 18.0 Å². The Morgan fingerprint density at radius 2 is 2.11 bits per heavy atom. The number of carbonyl (C=O) groups is 1. The highest BCUT2D eigenvalue weighted by Crippen LogP contribution is 2.24. The maximum absolute atomic E-state index is 12.1. The van der Waals surface area contributed by atoms with Crippen molar-refractivity contribution in [2.24, 2.45) is 5.73 Å². The van der Waals surface area contributed by atoms with Gasteiger partial charge in [0.25, 0.3) is 0 Å². The maximum Gasteiger partial charge on any atom is 0.389 e. The van der Waals surface area contributed by atoms with E-state index in [-0.39, 0.29) is 19.2 Å². The van der Waals surface area contributed by atoms with Gasteiger partial charge in [-0.05, 0) is 13.8 Å². The minimum Gasteiger partial charge on any atom is -0.367 e. The minimum absolute atomic E-state index is 0.243. The Morgan fingerprint density at radius 1 is 1.50 bits per heavy atom. The lowest BCUT2D eigenvalue weighted by molar-refractivity contribution is -0.166. The summed E-state index contributed by atoms with van der Waals surface area (Å²) >= 11 is 0. The number of hydrogen-bond acceptors (Lipinski definition) is 3. The van der Waals surface area contributed by atoms with Crippen LogP contribution < -0.4 is 5.73 Å². The van der Waals surface area contributed by atoms with Gasteiger partial charge in [0, 0.05) is 26.1 Å². The van der Waals surface area contributed by atoms with Gasteiger partial charge in [0.2, 0.25) is 5.91 Å². The van der Waals surface area contributed by atoms with Crippen LogP contribution in [0.1, 0.15) is 26.7 Å². The zero-order valence-electron chi connectivity index (χ0n) is 10.6. The number of morpholine rings is 1. The first-order valence-corrected chi connectivity index (χ1v) is 5.85. The zero-order chi connectivity index (χ0) is 14.0. The van der Waals surface area contributed by atoms with Crippen molar-refractivity contribution in [2.45, 2.75) is 44.6 Å². The molecule has 0 saturated carbocycles. The van der Waals surface area contributed by atoms with Gasteiger partial charge < -0.3 is 15.4 Å². The summed E-state index contributed by atoms with van der Waals surface area (Å²) in [5.74, 6) is -0.498. The average molecular weight is 268 g/mol. The number of ether oxygens (including phenoxy) is 1. The Labute approximate surface area is 104 Å². The molecule has 1 aliphatic heterocycles. The number of nitrogens with two attached hydrogens (primary N) is 1. The topological polar surface area (TPSA) is 55.6 Å². The van der Waals surface area contributed by atoms with Gasteiger partial charge in [-0.1, -0.05) is 0 Å². The minimum atomic E-state index is -4.30. The molecule has 1 heterocycles. The first-order valence-electron chi connectivity index (χ1n) is 5.85. The average Bonchev–Trinajstić information content (AvgIpc) is 2.22. The Morgan fingerprint density at radius 3 is 2.61 bits per heavy atom. The van der Waals surface area contributed by atoms with Gasteiger partial charge in [-0.3, -0.25) is 4.79 Å². The monoisotopic (exact) mass is 268 g/mol. The number of hydrogen-bond donors (Lipinski definition) is 1. The van der Waals surface area contributed by atoms with Crippen molar-refractivity contribution in [1.29, 1.82) is 0 Å². The highest BCUT2D eigenvalue weighted by molar-refractivity contribution is 5.76. The van der Waals surface area contributed by atoms with Gasteiger partial charge in [0.05, 0.1) is 18.1 Å². The first kappa shape index (κ1) is 15.2. The number of rotatable bonds is 3. The number of nitrogens with zero attached hydrogens (tertiary/aromatic N) is 1. The standard InChI is InChI=1S/C11H19F3N2O2/c1-10(2)7-16(6-8(5-15)18-10)9(17)3-4-11(12,13)14/h8H,3-7,15H2,1-2H3. The zero-order valence-corrected chi connectivity index (χ0v) is 10.6. The van der Waals surface area contributed by atoms with E-state index in [0.717, 1.165) is 0 Å². The van der Waals surface area contributed by atoms with Crippen LogP contribution in [0, 0.1) is 0 Å². The molecule has 0 radical (unpaired) electrons. The van der Waals surface area contributed by atoms with Crippen molar-refractivity contribution in [2.75, 3.05) is 19.6 Å². The third-order valence-corrected chi connectivity index (χ3v) is 2.72. The summed E-state index contributed by atoms with van der Waals surface area (Å²) in [4.78, 5) is 13.1. The quantitative estimate of drug-likeness (QED) is 0.839. The Balaban J connectivity index is 2.56. The van der Waals surface area contributed by atoms with E-state index >= 15 is 0 Å². The molecule has 1 saturated heterocycles. The van der Waals surface area contributed by atoms with Gasteiger partial charge in [0.1, 0.15) is 0 Å². The summed E-state index contributed by atoms with van der Waals surface area (Å²) in [6, 6.07) is 0. The van der Waals surface area contributed by atoms with Crippen molar-refractivity contribution in [3.05, 3.63) is 0 Å². The molecular weight excluding hydrogens is 249 g/mol. The molecule has 0 aromatic heterocycles. The number of amides is 1. The van der Waals surface area contributed by atoms with Crippen LogP contribution in [0.25, 0.3) is 0 Å². The molecule has 4 nitrogen and oxygen atoms in total. The lowest BCUT2D eigenvalue weighted by Crippen LogP contribution is -2.56. The lowest BCUT2D eigenvalue weighted by Gasteiger charge is -2.42. The normalized spacial score (nSPS) is 24.1. The van der Waals surface area contributed by atoms with Crippen LogP contribution in [0.5, 0.6) is 0 Å². The summed E-state index contributed by atoms with van der Waals surface area (Å²) < 4.78 is 41.8. The van der Waals surface area contributed by atoms with Crippen LogP contribution >= 0.6 is 0 Å². The smallest absolute Gasteiger partial charge is 0.367 e. The summed E-state index contributed by atoms with van der Waals surface area (Å²) in [5.41, 5.74) is 4.91. The molecule has 0 aromatic rings. The van der Waals surface area contributed by atoms with Crippen LogP contribution in [-0.2, 0) is 9.53 Å². The third kappa shape index (κ3) is 4.81. The number of carbonyl (C=O) groups excluding carboxylic acids is 1. The summed E-state index contributed by atoms with van der Waals surface area (Å²) in [6.45, 7) is 4.38. The Kier molecular flexibility index (Phi) is 4.61. The summed E-state index contributed by atoms with van der Waals surface area (Å²) in [5, 5.41) is 0. The third-order valence-electron chi connectivity index (χ3n) is 2.72. The molecule has 0 spiro atoms. The molecule has 18 heavy (non-hydrogen) atoms. The predicted octanol–water partition coefficient (Wildman–Crippen LogP) is 1.29. The highest BCUT2D eigenvalue weighted by atomic mass is 19.4. The molecule has 1 unspecified atom stereocenters. The molecule has 1 rings (SSSR count). The van der Waals surface area contributed by atoms with E-state index in [2.05, 4.69) is 0 Å². The lowest BCUT2D eigenvalue weighted by atomic mass is 10.0. The van der Waals surface area contributed by atoms with Crippen LogP contribution in [-0.4, -0.2) is 48.3 Å². The van der Waals surface area contributed by atoms with Crippen molar-refractivity contribution < 1.29 is 22.7 Å². The molecule has 7 heteroatoms. The van der Waals surface area contributed by atoms with Crippen LogP contribution in [0.15, 0.2) is 0 Å². The Bertz CT molecular complexity index is 305. The largest absolute Gasteiger partial charge is 0.389 e. The van der Waals surface area contributed by atoms with Gasteiger partial charge in [-0.15, -0.1) is 0 Å². The van der Waals surface area contributed by atoms with Crippen LogP contribution in [0.3, 0.4) is 0 Å². The van der Waals surface area contributed by atoms with Crippen molar-refractivity contribution in [3.63, 3.8) is 0 Å². The molecule has 0 aromatic carbocycles. The molecule has 1 aliphatic rings. The molecule has 0 aliphatic carbocycles. The fraction of sp³-hybridized carbons (Fsp3) is 0.909. The van der Waals surface area contributed by atoms with Gasteiger partial charge in [0.15, 0.2) is 0 Å². The van der Waals surface area contributed by atoms with E-state index in [1.165, 1.54) is 4.90 Å². The van der Waals surface area contributed by atoms with E-state index in [0.29, 0.717) is 6.54 Å². The highest BCUT2D eigenvalue weighted by Gasteiger charge is 2.36. The van der Waals surface area contributed by atoms with E-state index in [1.54, 1.807) is 13.8 Å². The van der Waals surface area contributed by atoms with E-state index in [1.807, 2.05) is 0 Å². The molecule has 1 fully saturated rings. The maximum atomic E-state index is 12.1. The molecule has 2 N–H and O–H groups in total. The number of alkyl halides is 3. The van der Waals surface area contributed by atoms with Gasteiger partial charge >= 0.3 is 6.18 Å². The molecular formula is C11H19F3N2O2. The summed E-state index contributed by atoms with van der Waals surface area (Å²) in [7, 11) is 0. The number of halogens is 3. The predicted molar refractivity (Wildman–Crippen MR) is 59.9 cm³/mol. The van der Waals surface area contributed by atoms with Gasteiger partial charge in [-0.2, -0.15) is 13.2 Å². The van der Waals surface area contributed by atoms with Crippen LogP contribution in [0.2, 0.25) is 0 Å². The van der Waals surface area contributed by atoms with Crippen molar-refractivity contribution in [3.8, 4) is 0 Å². The molecule has 0 bridgehead atoms. The second-order valence-corrected chi connectivity index (χ2v) is 5.12. The Hall–Kier alpha value is -0.820. The second-order valence-electron chi connectivity index (χ2n) is 5.12. The van der Waals surface area contributed by atoms with Crippen molar-refractivity contribution in [1.82, 2.24) is 4.90 Å². The van der Waals surface area contributed by atoms with Crippen molar-refractivity contribution >= 4 is 5.91 Å².